The van der Waals surface area contributed by atoms with E-state index in [4.69, 9.17) is 5.73 Å². The van der Waals surface area contributed by atoms with E-state index in [0.717, 1.165) is 17.2 Å². The van der Waals surface area contributed by atoms with Gasteiger partial charge in [0.1, 0.15) is 0 Å². The van der Waals surface area contributed by atoms with Gasteiger partial charge >= 0.3 is 0 Å². The van der Waals surface area contributed by atoms with Gasteiger partial charge < -0.3 is 5.73 Å². The number of hydrogen-bond donors (Lipinski definition) is 1. The Balaban J connectivity index is 1.94. The molecule has 1 fully saturated rings. The zero-order chi connectivity index (χ0) is 11.2. The molecule has 1 saturated carbocycles. The van der Waals surface area contributed by atoms with Gasteiger partial charge in [-0.15, -0.1) is 0 Å². The minimum absolute atomic E-state index is 0.569. The highest BCUT2D eigenvalue weighted by Crippen LogP contribution is 2.25. The molecule has 0 unspecified atom stereocenters. The van der Waals surface area contributed by atoms with Crippen LogP contribution in [-0.4, -0.2) is 4.98 Å². The summed E-state index contributed by atoms with van der Waals surface area (Å²) in [6.07, 6.45) is 13.2. The summed E-state index contributed by atoms with van der Waals surface area (Å²) in [5.41, 5.74) is 7.67. The molecule has 0 radical (unpaired) electrons. The van der Waals surface area contributed by atoms with Crippen molar-refractivity contribution in [2.75, 3.05) is 0 Å². The van der Waals surface area contributed by atoms with Crippen molar-refractivity contribution in [3.05, 3.63) is 35.7 Å². The van der Waals surface area contributed by atoms with Crippen molar-refractivity contribution in [1.82, 2.24) is 4.98 Å². The fourth-order valence-corrected chi connectivity index (χ4v) is 2.22. The third kappa shape index (κ3) is 3.17. The lowest BCUT2D eigenvalue weighted by molar-refractivity contribution is 0.420. The van der Waals surface area contributed by atoms with Gasteiger partial charge in [-0.25, -0.2) is 0 Å². The maximum absolute atomic E-state index is 5.53. The van der Waals surface area contributed by atoms with Crippen molar-refractivity contribution in [3.8, 4) is 0 Å². The Morgan fingerprint density at radius 3 is 2.69 bits per heavy atom. The van der Waals surface area contributed by atoms with E-state index in [0.29, 0.717) is 6.54 Å². The quantitative estimate of drug-likeness (QED) is 0.843. The molecular formula is C14H20N2. The largest absolute Gasteiger partial charge is 0.326 e. The van der Waals surface area contributed by atoms with E-state index in [1.807, 2.05) is 18.3 Å². The minimum atomic E-state index is 0.569. The van der Waals surface area contributed by atoms with E-state index in [-0.39, 0.29) is 0 Å². The van der Waals surface area contributed by atoms with Gasteiger partial charge in [0.15, 0.2) is 0 Å². The van der Waals surface area contributed by atoms with Crippen LogP contribution in [0.4, 0.5) is 0 Å². The molecule has 2 rings (SSSR count). The molecule has 1 aromatic rings. The van der Waals surface area contributed by atoms with Crippen LogP contribution in [0, 0.1) is 5.92 Å². The summed E-state index contributed by atoms with van der Waals surface area (Å²) in [7, 11) is 0. The van der Waals surface area contributed by atoms with Gasteiger partial charge in [0.05, 0.1) is 5.69 Å². The van der Waals surface area contributed by atoms with Gasteiger partial charge in [0.2, 0.25) is 0 Å². The molecule has 0 saturated heterocycles. The number of aromatic nitrogens is 1. The number of nitrogens with zero attached hydrogens (tertiary/aromatic N) is 1. The van der Waals surface area contributed by atoms with Crippen molar-refractivity contribution in [3.63, 3.8) is 0 Å². The molecule has 86 valence electrons. The first-order valence-electron chi connectivity index (χ1n) is 6.21. The summed E-state index contributed by atoms with van der Waals surface area (Å²) >= 11 is 0. The fraction of sp³-hybridized carbons (Fsp3) is 0.500. The molecule has 0 bridgehead atoms. The Morgan fingerprint density at radius 1 is 1.25 bits per heavy atom. The Bertz CT molecular complexity index is 334. The minimum Gasteiger partial charge on any atom is -0.326 e. The lowest BCUT2D eigenvalue weighted by Crippen LogP contribution is -2.02. The second kappa shape index (κ2) is 5.80. The first-order chi connectivity index (χ1) is 7.88. The number of nitrogens with two attached hydrogens (primary N) is 1. The summed E-state index contributed by atoms with van der Waals surface area (Å²) in [5, 5.41) is 0. The SMILES string of the molecule is NCc1ccc(C=CC2CCCCC2)nc1. The van der Waals surface area contributed by atoms with Crippen LogP contribution in [0.15, 0.2) is 24.4 Å². The Kier molecular flexibility index (Phi) is 4.11. The van der Waals surface area contributed by atoms with Gasteiger partial charge in [0, 0.05) is 12.7 Å². The second-order valence-corrected chi connectivity index (χ2v) is 4.55. The van der Waals surface area contributed by atoms with Crippen molar-refractivity contribution >= 4 is 6.08 Å². The molecule has 1 aromatic heterocycles. The molecule has 1 aliphatic carbocycles. The summed E-state index contributed by atoms with van der Waals surface area (Å²) in [6, 6.07) is 4.09. The number of allylic oxidation sites excluding steroid dienone is 1. The fourth-order valence-electron chi connectivity index (χ4n) is 2.22. The summed E-state index contributed by atoms with van der Waals surface area (Å²) in [5.74, 6) is 0.768. The average molecular weight is 216 g/mol. The van der Waals surface area contributed by atoms with Gasteiger partial charge in [0.25, 0.3) is 0 Å². The maximum Gasteiger partial charge on any atom is 0.0626 e. The summed E-state index contributed by atoms with van der Waals surface area (Å²) < 4.78 is 0. The highest BCUT2D eigenvalue weighted by atomic mass is 14.7. The molecule has 0 amide bonds. The van der Waals surface area contributed by atoms with E-state index in [1.165, 1.54) is 32.1 Å². The van der Waals surface area contributed by atoms with E-state index < -0.39 is 0 Å². The Labute approximate surface area is 97.6 Å². The van der Waals surface area contributed by atoms with Crippen molar-refractivity contribution in [1.29, 1.82) is 0 Å². The molecule has 2 heteroatoms. The van der Waals surface area contributed by atoms with Crippen LogP contribution in [0.5, 0.6) is 0 Å². The van der Waals surface area contributed by atoms with Gasteiger partial charge in [-0.05, 0) is 36.5 Å². The molecule has 1 aliphatic rings. The first-order valence-corrected chi connectivity index (χ1v) is 6.21. The van der Waals surface area contributed by atoms with E-state index in [1.54, 1.807) is 0 Å². The molecule has 2 N–H and O–H groups in total. The zero-order valence-corrected chi connectivity index (χ0v) is 9.73. The van der Waals surface area contributed by atoms with Gasteiger partial charge in [-0.1, -0.05) is 31.4 Å². The van der Waals surface area contributed by atoms with E-state index in [2.05, 4.69) is 17.1 Å². The lowest BCUT2D eigenvalue weighted by atomic mass is 9.89. The van der Waals surface area contributed by atoms with Crippen LogP contribution >= 0.6 is 0 Å². The smallest absolute Gasteiger partial charge is 0.0626 e. The normalized spacial score (nSPS) is 18.1. The maximum atomic E-state index is 5.53. The lowest BCUT2D eigenvalue weighted by Gasteiger charge is -2.17. The molecule has 0 atom stereocenters. The summed E-state index contributed by atoms with van der Waals surface area (Å²) in [6.45, 7) is 0.569. The zero-order valence-electron chi connectivity index (χ0n) is 9.73. The van der Waals surface area contributed by atoms with E-state index >= 15 is 0 Å². The molecule has 0 spiro atoms. The van der Waals surface area contributed by atoms with Crippen molar-refractivity contribution < 1.29 is 0 Å². The van der Waals surface area contributed by atoms with Crippen LogP contribution in [0.2, 0.25) is 0 Å². The Morgan fingerprint density at radius 2 is 2.06 bits per heavy atom. The van der Waals surface area contributed by atoms with Crippen molar-refractivity contribution in [2.45, 2.75) is 38.6 Å². The standard InChI is InChI=1S/C14H20N2/c15-10-13-7-9-14(16-11-13)8-6-12-4-2-1-3-5-12/h6-9,11-12H,1-5,10,15H2. The van der Waals surface area contributed by atoms with Crippen LogP contribution in [0.1, 0.15) is 43.4 Å². The highest BCUT2D eigenvalue weighted by molar-refractivity contribution is 5.44. The highest BCUT2D eigenvalue weighted by Gasteiger charge is 2.09. The topological polar surface area (TPSA) is 38.9 Å². The van der Waals surface area contributed by atoms with Crippen LogP contribution in [0.25, 0.3) is 6.08 Å². The second-order valence-electron chi connectivity index (χ2n) is 4.55. The van der Waals surface area contributed by atoms with Gasteiger partial charge in [-0.3, -0.25) is 4.98 Å². The predicted molar refractivity (Wildman–Crippen MR) is 67.7 cm³/mol. The predicted octanol–water partition coefficient (Wildman–Crippen LogP) is 3.13. The molecule has 16 heavy (non-hydrogen) atoms. The number of rotatable bonds is 3. The van der Waals surface area contributed by atoms with Crippen LogP contribution in [0.3, 0.4) is 0 Å². The Hall–Kier alpha value is -1.15. The third-order valence-corrected chi connectivity index (χ3v) is 3.27. The first kappa shape index (κ1) is 11.3. The summed E-state index contributed by atoms with van der Waals surface area (Å²) in [4.78, 5) is 4.37. The molecular weight excluding hydrogens is 196 g/mol. The van der Waals surface area contributed by atoms with Crippen LogP contribution < -0.4 is 5.73 Å². The monoisotopic (exact) mass is 216 g/mol. The molecule has 2 nitrogen and oxygen atoms in total. The van der Waals surface area contributed by atoms with Gasteiger partial charge in [-0.2, -0.15) is 0 Å². The third-order valence-electron chi connectivity index (χ3n) is 3.27. The molecule has 1 heterocycles. The number of pyridine rings is 1. The molecule has 0 aromatic carbocycles. The number of hydrogen-bond acceptors (Lipinski definition) is 2. The van der Waals surface area contributed by atoms with Crippen LogP contribution in [-0.2, 0) is 6.54 Å². The van der Waals surface area contributed by atoms with E-state index in [9.17, 15) is 0 Å². The molecule has 0 aliphatic heterocycles. The average Bonchev–Trinajstić information content (AvgIpc) is 2.38. The van der Waals surface area contributed by atoms with Crippen molar-refractivity contribution in [2.24, 2.45) is 11.7 Å².